The van der Waals surface area contributed by atoms with Crippen molar-refractivity contribution in [2.24, 2.45) is 10.7 Å². The standard InChI is InChI=1S/C11H14N2OS/c1-14-9-13-7-6-10(12)4-5-11-3-2-8-15-11/h2-8H,9,12H2,1H3/b5-4+,10-6-,13-7+. The number of ether oxygens (including phenoxy) is 1. The van der Waals surface area contributed by atoms with Crippen LogP contribution in [-0.2, 0) is 4.74 Å². The fourth-order valence-electron chi connectivity index (χ4n) is 0.876. The quantitative estimate of drug-likeness (QED) is 0.613. The van der Waals surface area contributed by atoms with Crippen molar-refractivity contribution in [2.75, 3.05) is 13.8 Å². The molecular formula is C11H14N2OS. The van der Waals surface area contributed by atoms with Crippen LogP contribution in [0.15, 0.2) is 40.4 Å². The lowest BCUT2D eigenvalue weighted by atomic mass is 10.3. The van der Waals surface area contributed by atoms with Gasteiger partial charge in [-0.3, -0.25) is 4.99 Å². The summed E-state index contributed by atoms with van der Waals surface area (Å²) in [5, 5.41) is 2.03. The number of hydrogen-bond donors (Lipinski definition) is 1. The zero-order chi connectivity index (χ0) is 10.9. The van der Waals surface area contributed by atoms with Crippen LogP contribution in [0.4, 0.5) is 0 Å². The predicted octanol–water partition coefficient (Wildman–Crippen LogP) is 2.28. The van der Waals surface area contributed by atoms with Gasteiger partial charge in [-0.15, -0.1) is 11.3 Å². The number of aliphatic imine (C=N–C) groups is 1. The van der Waals surface area contributed by atoms with E-state index in [4.69, 9.17) is 10.5 Å². The van der Waals surface area contributed by atoms with E-state index >= 15 is 0 Å². The molecule has 0 fully saturated rings. The van der Waals surface area contributed by atoms with Gasteiger partial charge >= 0.3 is 0 Å². The Kier molecular flexibility index (Phi) is 5.43. The smallest absolute Gasteiger partial charge is 0.137 e. The SMILES string of the molecule is COC/N=C/C=C(N)/C=C/c1cccs1. The summed E-state index contributed by atoms with van der Waals surface area (Å²) in [5.74, 6) is 0. The first-order valence-corrected chi connectivity index (χ1v) is 5.37. The number of nitrogens with zero attached hydrogens (tertiary/aromatic N) is 1. The summed E-state index contributed by atoms with van der Waals surface area (Å²) < 4.78 is 4.76. The molecule has 0 aromatic carbocycles. The van der Waals surface area contributed by atoms with E-state index in [2.05, 4.69) is 4.99 Å². The lowest BCUT2D eigenvalue weighted by molar-refractivity contribution is 0.209. The largest absolute Gasteiger partial charge is 0.399 e. The van der Waals surface area contributed by atoms with E-state index in [1.54, 1.807) is 30.7 Å². The Labute approximate surface area is 93.6 Å². The minimum Gasteiger partial charge on any atom is -0.399 e. The van der Waals surface area contributed by atoms with Gasteiger partial charge in [0.25, 0.3) is 0 Å². The molecule has 0 radical (unpaired) electrons. The predicted molar refractivity (Wildman–Crippen MR) is 66.0 cm³/mol. The molecular weight excluding hydrogens is 208 g/mol. The second kappa shape index (κ2) is 6.98. The van der Waals surface area contributed by atoms with Crippen LogP contribution in [0.25, 0.3) is 6.08 Å². The highest BCUT2D eigenvalue weighted by atomic mass is 32.1. The molecule has 0 aliphatic carbocycles. The van der Waals surface area contributed by atoms with E-state index in [0.29, 0.717) is 12.4 Å². The lowest BCUT2D eigenvalue weighted by Crippen LogP contribution is -1.93. The molecule has 4 heteroatoms. The second-order valence-corrected chi connectivity index (χ2v) is 3.74. The fraction of sp³-hybridized carbons (Fsp3) is 0.182. The van der Waals surface area contributed by atoms with E-state index in [9.17, 15) is 0 Å². The molecule has 1 aromatic heterocycles. The Hall–Kier alpha value is -1.39. The Balaban J connectivity index is 2.44. The maximum Gasteiger partial charge on any atom is 0.137 e. The molecule has 0 spiro atoms. The van der Waals surface area contributed by atoms with Crippen molar-refractivity contribution in [1.82, 2.24) is 0 Å². The van der Waals surface area contributed by atoms with Crippen LogP contribution in [-0.4, -0.2) is 20.1 Å². The number of thiophene rings is 1. The molecule has 1 rings (SSSR count). The van der Waals surface area contributed by atoms with Crippen LogP contribution >= 0.6 is 11.3 Å². The summed E-state index contributed by atoms with van der Waals surface area (Å²) in [6, 6.07) is 4.04. The molecule has 0 atom stereocenters. The average molecular weight is 222 g/mol. The van der Waals surface area contributed by atoms with Gasteiger partial charge in [0.1, 0.15) is 6.73 Å². The summed E-state index contributed by atoms with van der Waals surface area (Å²) in [7, 11) is 1.60. The molecule has 0 aliphatic rings. The molecule has 1 aromatic rings. The topological polar surface area (TPSA) is 47.6 Å². The average Bonchev–Trinajstić information content (AvgIpc) is 2.74. The van der Waals surface area contributed by atoms with Crippen molar-refractivity contribution in [3.05, 3.63) is 40.2 Å². The maximum atomic E-state index is 5.72. The Morgan fingerprint density at radius 1 is 1.67 bits per heavy atom. The molecule has 3 nitrogen and oxygen atoms in total. The van der Waals surface area contributed by atoms with Crippen LogP contribution in [0, 0.1) is 0 Å². The molecule has 0 unspecified atom stereocenters. The number of allylic oxidation sites excluding steroid dienone is 2. The van der Waals surface area contributed by atoms with Gasteiger partial charge in [-0.25, -0.2) is 0 Å². The summed E-state index contributed by atoms with van der Waals surface area (Å²) in [6.45, 7) is 0.360. The molecule has 0 saturated carbocycles. The van der Waals surface area contributed by atoms with Gasteiger partial charge in [0.2, 0.25) is 0 Å². The van der Waals surface area contributed by atoms with Gasteiger partial charge in [-0.05, 0) is 29.7 Å². The third kappa shape index (κ3) is 5.15. The minimum absolute atomic E-state index is 0.360. The van der Waals surface area contributed by atoms with Crippen LogP contribution in [0.1, 0.15) is 4.88 Å². The van der Waals surface area contributed by atoms with Crippen LogP contribution < -0.4 is 5.73 Å². The van der Waals surface area contributed by atoms with Crippen LogP contribution in [0.3, 0.4) is 0 Å². The highest BCUT2D eigenvalue weighted by Gasteiger charge is 1.85. The van der Waals surface area contributed by atoms with Crippen molar-refractivity contribution < 1.29 is 4.74 Å². The first kappa shape index (κ1) is 11.7. The van der Waals surface area contributed by atoms with Gasteiger partial charge in [-0.2, -0.15) is 0 Å². The van der Waals surface area contributed by atoms with Gasteiger partial charge in [0.05, 0.1) is 0 Å². The Bertz CT molecular complexity index is 353. The van der Waals surface area contributed by atoms with Gasteiger partial charge in [-0.1, -0.05) is 6.07 Å². The number of rotatable bonds is 5. The summed E-state index contributed by atoms with van der Waals surface area (Å²) in [4.78, 5) is 5.12. The van der Waals surface area contributed by atoms with Gasteiger partial charge < -0.3 is 10.5 Å². The van der Waals surface area contributed by atoms with Crippen molar-refractivity contribution >= 4 is 23.6 Å². The third-order valence-corrected chi connectivity index (χ3v) is 2.40. The third-order valence-electron chi connectivity index (χ3n) is 1.56. The fourth-order valence-corrected chi connectivity index (χ4v) is 1.49. The highest BCUT2D eigenvalue weighted by molar-refractivity contribution is 7.10. The normalized spacial score (nSPS) is 13.0. The van der Waals surface area contributed by atoms with Crippen molar-refractivity contribution in [2.45, 2.75) is 0 Å². The molecule has 0 bridgehead atoms. The van der Waals surface area contributed by atoms with E-state index in [-0.39, 0.29) is 0 Å². The van der Waals surface area contributed by atoms with E-state index < -0.39 is 0 Å². The van der Waals surface area contributed by atoms with Crippen molar-refractivity contribution in [3.8, 4) is 0 Å². The van der Waals surface area contributed by atoms with E-state index in [1.807, 2.05) is 29.7 Å². The zero-order valence-electron chi connectivity index (χ0n) is 8.59. The molecule has 15 heavy (non-hydrogen) atoms. The molecule has 0 amide bonds. The van der Waals surface area contributed by atoms with Gasteiger partial charge in [0, 0.05) is 23.9 Å². The van der Waals surface area contributed by atoms with E-state index in [0.717, 1.165) is 0 Å². The molecule has 0 saturated heterocycles. The molecule has 80 valence electrons. The molecule has 2 N–H and O–H groups in total. The highest BCUT2D eigenvalue weighted by Crippen LogP contribution is 2.10. The number of hydrogen-bond acceptors (Lipinski definition) is 4. The Morgan fingerprint density at radius 2 is 2.53 bits per heavy atom. The monoisotopic (exact) mass is 222 g/mol. The first-order valence-electron chi connectivity index (χ1n) is 4.49. The lowest BCUT2D eigenvalue weighted by Gasteiger charge is -1.89. The molecule has 0 aliphatic heterocycles. The van der Waals surface area contributed by atoms with Gasteiger partial charge in [0.15, 0.2) is 0 Å². The maximum absolute atomic E-state index is 5.72. The zero-order valence-corrected chi connectivity index (χ0v) is 9.41. The van der Waals surface area contributed by atoms with Crippen molar-refractivity contribution in [3.63, 3.8) is 0 Å². The second-order valence-electron chi connectivity index (χ2n) is 2.76. The molecule has 1 heterocycles. The first-order chi connectivity index (χ1) is 7.33. The Morgan fingerprint density at radius 3 is 3.20 bits per heavy atom. The number of nitrogens with two attached hydrogens (primary N) is 1. The summed E-state index contributed by atoms with van der Waals surface area (Å²) in [6.07, 6.45) is 7.20. The van der Waals surface area contributed by atoms with Crippen molar-refractivity contribution in [1.29, 1.82) is 0 Å². The van der Waals surface area contributed by atoms with E-state index in [1.165, 1.54) is 4.88 Å². The summed E-state index contributed by atoms with van der Waals surface area (Å²) >= 11 is 1.67. The number of methoxy groups -OCH3 is 1. The van der Waals surface area contributed by atoms with Crippen LogP contribution in [0.2, 0.25) is 0 Å². The minimum atomic E-state index is 0.360. The van der Waals surface area contributed by atoms with Crippen LogP contribution in [0.5, 0.6) is 0 Å². The summed E-state index contributed by atoms with van der Waals surface area (Å²) in [5.41, 5.74) is 6.39.